The molecule has 33 heavy (non-hydrogen) atoms. The Bertz CT molecular complexity index is 1280. The lowest BCUT2D eigenvalue weighted by Crippen LogP contribution is -2.20. The van der Waals surface area contributed by atoms with Gasteiger partial charge in [-0.2, -0.15) is 23.0 Å². The molecule has 0 aliphatic carbocycles. The van der Waals surface area contributed by atoms with Crippen LogP contribution in [0.25, 0.3) is 16.4 Å². The third kappa shape index (κ3) is 4.90. The molecule has 0 atom stereocenters. The molecule has 0 unspecified atom stereocenters. The van der Waals surface area contributed by atoms with Gasteiger partial charge in [-0.05, 0) is 50.2 Å². The van der Waals surface area contributed by atoms with Crippen LogP contribution in [-0.4, -0.2) is 27.3 Å². The average Bonchev–Trinajstić information content (AvgIpc) is 3.40. The summed E-state index contributed by atoms with van der Waals surface area (Å²) in [7, 11) is 0. The zero-order valence-electron chi connectivity index (χ0n) is 17.7. The van der Waals surface area contributed by atoms with Gasteiger partial charge in [0.1, 0.15) is 11.6 Å². The number of alkyl halides is 3. The van der Waals surface area contributed by atoms with Crippen molar-refractivity contribution in [3.8, 4) is 22.1 Å². The van der Waals surface area contributed by atoms with Crippen LogP contribution in [0.5, 0.6) is 5.75 Å². The fourth-order valence-electron chi connectivity index (χ4n) is 3.23. The second-order valence-corrected chi connectivity index (χ2v) is 7.89. The van der Waals surface area contributed by atoms with Gasteiger partial charge in [-0.15, -0.1) is 11.3 Å². The number of thiazole rings is 1. The molecule has 0 fully saturated rings. The summed E-state index contributed by atoms with van der Waals surface area (Å²) in [6.07, 6.45) is -4.65. The Morgan fingerprint density at radius 1 is 1.15 bits per heavy atom. The topological polar surface area (TPSA) is 69.0 Å². The number of amides is 1. The highest BCUT2D eigenvalue weighted by atomic mass is 32.1. The SMILES string of the molecule is CCOc1ccc(-c2csc(-n3nc(C)cc3NC(=O)c3ccccc3C(F)(F)F)n2)cc1. The van der Waals surface area contributed by atoms with Gasteiger partial charge in [-0.3, -0.25) is 4.79 Å². The van der Waals surface area contributed by atoms with Crippen molar-refractivity contribution in [3.05, 3.63) is 76.8 Å². The second-order valence-electron chi connectivity index (χ2n) is 7.05. The zero-order valence-corrected chi connectivity index (χ0v) is 18.5. The lowest BCUT2D eigenvalue weighted by Gasteiger charge is -2.12. The van der Waals surface area contributed by atoms with Crippen LogP contribution in [0.2, 0.25) is 0 Å². The molecule has 0 spiro atoms. The number of aromatic nitrogens is 3. The van der Waals surface area contributed by atoms with Crippen molar-refractivity contribution in [1.29, 1.82) is 0 Å². The Hall–Kier alpha value is -3.66. The van der Waals surface area contributed by atoms with E-state index in [0.717, 1.165) is 23.4 Å². The third-order valence-corrected chi connectivity index (χ3v) is 5.50. The van der Waals surface area contributed by atoms with E-state index in [0.29, 0.717) is 23.1 Å². The van der Waals surface area contributed by atoms with Gasteiger partial charge in [0.25, 0.3) is 5.91 Å². The van der Waals surface area contributed by atoms with E-state index >= 15 is 0 Å². The van der Waals surface area contributed by atoms with Crippen molar-refractivity contribution in [3.63, 3.8) is 0 Å². The Morgan fingerprint density at radius 3 is 2.58 bits per heavy atom. The molecule has 2 heterocycles. The van der Waals surface area contributed by atoms with E-state index in [4.69, 9.17) is 4.74 Å². The minimum Gasteiger partial charge on any atom is -0.494 e. The summed E-state index contributed by atoms with van der Waals surface area (Å²) in [6, 6.07) is 13.7. The number of ether oxygens (including phenoxy) is 1. The quantitative estimate of drug-likeness (QED) is 0.375. The molecule has 1 N–H and O–H groups in total. The number of carbonyl (C=O) groups is 1. The van der Waals surface area contributed by atoms with Crippen LogP contribution in [0.1, 0.15) is 28.5 Å². The molecule has 0 aliphatic rings. The largest absolute Gasteiger partial charge is 0.494 e. The number of hydrogen-bond donors (Lipinski definition) is 1. The van der Waals surface area contributed by atoms with Crippen molar-refractivity contribution in [2.45, 2.75) is 20.0 Å². The van der Waals surface area contributed by atoms with Gasteiger partial charge in [-0.1, -0.05) is 12.1 Å². The summed E-state index contributed by atoms with van der Waals surface area (Å²) in [5, 5.41) is 9.20. The van der Waals surface area contributed by atoms with Gasteiger partial charge in [0.2, 0.25) is 5.13 Å². The molecular weight excluding hydrogens is 453 g/mol. The van der Waals surface area contributed by atoms with Crippen LogP contribution in [0.4, 0.5) is 19.0 Å². The maximum Gasteiger partial charge on any atom is 0.417 e. The van der Waals surface area contributed by atoms with Gasteiger partial charge >= 0.3 is 6.18 Å². The fraction of sp³-hybridized carbons (Fsp3) is 0.174. The summed E-state index contributed by atoms with van der Waals surface area (Å²) in [4.78, 5) is 17.3. The predicted molar refractivity (Wildman–Crippen MR) is 120 cm³/mol. The highest BCUT2D eigenvalue weighted by Gasteiger charge is 2.35. The zero-order chi connectivity index (χ0) is 23.6. The van der Waals surface area contributed by atoms with E-state index in [9.17, 15) is 18.0 Å². The van der Waals surface area contributed by atoms with E-state index in [2.05, 4.69) is 15.4 Å². The Balaban J connectivity index is 1.61. The first-order valence-electron chi connectivity index (χ1n) is 9.99. The first-order valence-corrected chi connectivity index (χ1v) is 10.9. The molecule has 0 bridgehead atoms. The van der Waals surface area contributed by atoms with Gasteiger partial charge in [0, 0.05) is 17.0 Å². The van der Waals surface area contributed by atoms with Crippen LogP contribution in [0.3, 0.4) is 0 Å². The fourth-order valence-corrected chi connectivity index (χ4v) is 4.02. The maximum atomic E-state index is 13.3. The maximum absolute atomic E-state index is 13.3. The number of anilines is 1. The monoisotopic (exact) mass is 472 g/mol. The van der Waals surface area contributed by atoms with Gasteiger partial charge in [0.15, 0.2) is 0 Å². The Labute approximate surface area is 191 Å². The summed E-state index contributed by atoms with van der Waals surface area (Å²) in [5.74, 6) is 0.0954. The summed E-state index contributed by atoms with van der Waals surface area (Å²) >= 11 is 1.30. The molecule has 0 radical (unpaired) electrons. The minimum atomic E-state index is -4.65. The second kappa shape index (κ2) is 9.07. The van der Waals surface area contributed by atoms with Crippen LogP contribution in [0, 0.1) is 6.92 Å². The molecule has 10 heteroatoms. The molecule has 2 aromatic heterocycles. The lowest BCUT2D eigenvalue weighted by atomic mass is 10.1. The van der Waals surface area contributed by atoms with E-state index < -0.39 is 23.2 Å². The van der Waals surface area contributed by atoms with Crippen LogP contribution < -0.4 is 10.1 Å². The highest BCUT2D eigenvalue weighted by Crippen LogP contribution is 2.33. The van der Waals surface area contributed by atoms with Crippen molar-refractivity contribution < 1.29 is 22.7 Å². The number of rotatable bonds is 6. The van der Waals surface area contributed by atoms with Crippen molar-refractivity contribution >= 4 is 23.1 Å². The summed E-state index contributed by atoms with van der Waals surface area (Å²) in [6.45, 7) is 4.20. The molecule has 4 aromatic rings. The van der Waals surface area contributed by atoms with Gasteiger partial charge in [0.05, 0.1) is 29.1 Å². The number of nitrogens with one attached hydrogen (secondary N) is 1. The number of halogens is 3. The molecular formula is C23H19F3N4O2S. The molecule has 2 aromatic carbocycles. The number of benzene rings is 2. The van der Waals surface area contributed by atoms with Crippen LogP contribution in [-0.2, 0) is 6.18 Å². The first-order chi connectivity index (χ1) is 15.8. The van der Waals surface area contributed by atoms with E-state index in [-0.39, 0.29) is 5.82 Å². The van der Waals surface area contributed by atoms with Gasteiger partial charge < -0.3 is 10.1 Å². The van der Waals surface area contributed by atoms with Crippen molar-refractivity contribution in [1.82, 2.24) is 14.8 Å². The van der Waals surface area contributed by atoms with Crippen LogP contribution in [0.15, 0.2) is 60.0 Å². The molecule has 170 valence electrons. The van der Waals surface area contributed by atoms with Crippen molar-refractivity contribution in [2.75, 3.05) is 11.9 Å². The minimum absolute atomic E-state index is 0.224. The summed E-state index contributed by atoms with van der Waals surface area (Å²) in [5.41, 5.74) is 0.676. The van der Waals surface area contributed by atoms with E-state index in [1.165, 1.54) is 28.2 Å². The standard InChI is InChI=1S/C23H19F3N4O2S/c1-3-32-16-10-8-15(9-11-16)19-13-33-22(27-19)30-20(12-14(2)29-30)28-21(31)17-6-4-5-7-18(17)23(24,25)26/h4-13H,3H2,1-2H3,(H,28,31). The number of hydrogen-bond acceptors (Lipinski definition) is 5. The molecule has 0 aliphatic heterocycles. The normalized spacial score (nSPS) is 11.4. The number of aryl methyl sites for hydroxylation is 1. The summed E-state index contributed by atoms with van der Waals surface area (Å²) < 4.78 is 46.8. The van der Waals surface area contributed by atoms with E-state index in [1.54, 1.807) is 13.0 Å². The smallest absolute Gasteiger partial charge is 0.417 e. The van der Waals surface area contributed by atoms with Crippen molar-refractivity contribution in [2.24, 2.45) is 0 Å². The average molecular weight is 472 g/mol. The third-order valence-electron chi connectivity index (χ3n) is 4.68. The molecule has 0 saturated carbocycles. The van der Waals surface area contributed by atoms with Gasteiger partial charge in [-0.25, -0.2) is 4.98 Å². The molecule has 0 saturated heterocycles. The predicted octanol–water partition coefficient (Wildman–Crippen LogP) is 5.97. The van der Waals surface area contributed by atoms with Crippen LogP contribution >= 0.6 is 11.3 Å². The first kappa shape index (κ1) is 22.5. The van der Waals surface area contributed by atoms with E-state index in [1.807, 2.05) is 36.6 Å². The highest BCUT2D eigenvalue weighted by molar-refractivity contribution is 7.12. The Kier molecular flexibility index (Phi) is 6.19. The number of nitrogens with zero attached hydrogens (tertiary/aromatic N) is 3. The number of carbonyl (C=O) groups excluding carboxylic acids is 1. The lowest BCUT2D eigenvalue weighted by molar-refractivity contribution is -0.137. The molecule has 1 amide bonds. The molecule has 4 rings (SSSR count). The Morgan fingerprint density at radius 2 is 1.88 bits per heavy atom. The molecule has 6 nitrogen and oxygen atoms in total.